The molecule has 18 heavy (non-hydrogen) atoms. The van der Waals surface area contributed by atoms with Crippen molar-refractivity contribution in [3.63, 3.8) is 0 Å². The van der Waals surface area contributed by atoms with Gasteiger partial charge in [-0.1, -0.05) is 6.07 Å². The maximum absolute atomic E-state index is 11.4. The van der Waals surface area contributed by atoms with Crippen LogP contribution in [0.1, 0.15) is 5.56 Å². The molecule has 2 rings (SSSR count). The summed E-state index contributed by atoms with van der Waals surface area (Å²) in [5.74, 6) is 0. The molecular weight excluding hydrogens is 228 g/mol. The molecule has 0 spiro atoms. The Morgan fingerprint density at radius 1 is 1.28 bits per heavy atom. The fourth-order valence-electron chi connectivity index (χ4n) is 1.75. The summed E-state index contributed by atoms with van der Waals surface area (Å²) < 4.78 is 3.61. The summed E-state index contributed by atoms with van der Waals surface area (Å²) >= 11 is 0. The molecule has 0 aliphatic heterocycles. The van der Waals surface area contributed by atoms with Crippen molar-refractivity contribution in [3.8, 4) is 0 Å². The lowest BCUT2D eigenvalue weighted by Crippen LogP contribution is -2.28. The highest BCUT2D eigenvalue weighted by atomic mass is 16.1. The van der Waals surface area contributed by atoms with E-state index in [4.69, 9.17) is 0 Å². The van der Waals surface area contributed by atoms with Crippen molar-refractivity contribution < 1.29 is 0 Å². The van der Waals surface area contributed by atoms with Gasteiger partial charge in [0.15, 0.2) is 0 Å². The van der Waals surface area contributed by atoms with E-state index in [-0.39, 0.29) is 5.56 Å². The number of hydrogen-bond acceptors (Lipinski definition) is 3. The minimum Gasteiger partial charge on any atom is -0.314 e. The van der Waals surface area contributed by atoms with Crippen LogP contribution in [-0.2, 0) is 13.1 Å². The Kier molecular flexibility index (Phi) is 4.30. The Morgan fingerprint density at radius 3 is 2.83 bits per heavy atom. The predicted molar refractivity (Wildman–Crippen MR) is 70.5 cm³/mol. The van der Waals surface area contributed by atoms with E-state index in [0.717, 1.165) is 19.6 Å². The average Bonchev–Trinajstić information content (AvgIpc) is 2.77. The first-order chi connectivity index (χ1) is 8.75. The number of aryl methyl sites for hydroxylation is 1. The third kappa shape index (κ3) is 3.56. The highest BCUT2D eigenvalue weighted by Crippen LogP contribution is 1.92. The van der Waals surface area contributed by atoms with Gasteiger partial charge < -0.3 is 9.88 Å². The molecule has 5 heteroatoms. The largest absolute Gasteiger partial charge is 0.314 e. The van der Waals surface area contributed by atoms with E-state index in [9.17, 15) is 4.79 Å². The van der Waals surface area contributed by atoms with Crippen LogP contribution in [0, 0.1) is 6.92 Å². The molecule has 0 unspecified atom stereocenters. The van der Waals surface area contributed by atoms with Gasteiger partial charge in [0.1, 0.15) is 0 Å². The van der Waals surface area contributed by atoms with Crippen LogP contribution in [0.2, 0.25) is 0 Å². The van der Waals surface area contributed by atoms with Crippen LogP contribution < -0.4 is 10.9 Å². The smallest absolute Gasteiger partial charge is 0.250 e. The predicted octanol–water partition coefficient (Wildman–Crippen LogP) is 0.643. The van der Waals surface area contributed by atoms with Crippen LogP contribution in [-0.4, -0.2) is 27.4 Å². The summed E-state index contributed by atoms with van der Waals surface area (Å²) in [6.07, 6.45) is 5.67. The molecular formula is C13H18N4O. The van der Waals surface area contributed by atoms with E-state index in [1.807, 2.05) is 30.1 Å². The van der Waals surface area contributed by atoms with Gasteiger partial charge in [0.05, 0.1) is 12.7 Å². The molecule has 0 atom stereocenters. The number of aromatic nitrogens is 3. The quantitative estimate of drug-likeness (QED) is 0.761. The van der Waals surface area contributed by atoms with Crippen LogP contribution in [0.3, 0.4) is 0 Å². The molecule has 0 radical (unpaired) electrons. The maximum atomic E-state index is 11.4. The number of rotatable bonds is 6. The van der Waals surface area contributed by atoms with Crippen LogP contribution >= 0.6 is 0 Å². The maximum Gasteiger partial charge on any atom is 0.250 e. The Labute approximate surface area is 106 Å². The van der Waals surface area contributed by atoms with Gasteiger partial charge in [0, 0.05) is 38.1 Å². The standard InChI is InChI=1S/C13H18N4O/c1-12-10-15-17(11-12)9-6-14-5-8-16-7-3-2-4-13(16)18/h2-4,7,10-11,14H,5-6,8-9H2,1H3. The summed E-state index contributed by atoms with van der Waals surface area (Å²) in [6, 6.07) is 5.20. The normalized spacial score (nSPS) is 10.7. The Morgan fingerprint density at radius 2 is 2.11 bits per heavy atom. The van der Waals surface area contributed by atoms with E-state index < -0.39 is 0 Å². The van der Waals surface area contributed by atoms with Gasteiger partial charge in [-0.05, 0) is 18.6 Å². The first kappa shape index (κ1) is 12.6. The molecule has 2 aromatic heterocycles. The lowest BCUT2D eigenvalue weighted by molar-refractivity contribution is 0.527. The SMILES string of the molecule is Cc1cnn(CCNCCn2ccccc2=O)c1. The molecule has 0 fully saturated rings. The van der Waals surface area contributed by atoms with Crippen molar-refractivity contribution in [1.82, 2.24) is 19.7 Å². The fourth-order valence-corrected chi connectivity index (χ4v) is 1.75. The summed E-state index contributed by atoms with van der Waals surface area (Å²) in [4.78, 5) is 11.4. The van der Waals surface area contributed by atoms with E-state index >= 15 is 0 Å². The molecule has 0 amide bonds. The number of nitrogens with one attached hydrogen (secondary N) is 1. The topological polar surface area (TPSA) is 51.9 Å². The molecule has 0 aliphatic rings. The molecule has 5 nitrogen and oxygen atoms in total. The van der Waals surface area contributed by atoms with E-state index in [2.05, 4.69) is 10.4 Å². The molecule has 0 saturated carbocycles. The summed E-state index contributed by atoms with van der Waals surface area (Å²) in [6.45, 7) is 5.20. The fraction of sp³-hybridized carbons (Fsp3) is 0.385. The van der Waals surface area contributed by atoms with Gasteiger partial charge in [-0.25, -0.2) is 0 Å². The first-order valence-corrected chi connectivity index (χ1v) is 6.11. The first-order valence-electron chi connectivity index (χ1n) is 6.11. The zero-order chi connectivity index (χ0) is 12.8. The van der Waals surface area contributed by atoms with Gasteiger partial charge in [-0.2, -0.15) is 5.10 Å². The lowest BCUT2D eigenvalue weighted by atomic mass is 10.4. The lowest BCUT2D eigenvalue weighted by Gasteiger charge is -2.07. The summed E-state index contributed by atoms with van der Waals surface area (Å²) in [5, 5.41) is 7.51. The van der Waals surface area contributed by atoms with Gasteiger partial charge in [-0.15, -0.1) is 0 Å². The van der Waals surface area contributed by atoms with Crippen LogP contribution in [0.25, 0.3) is 0 Å². The zero-order valence-electron chi connectivity index (χ0n) is 10.5. The van der Waals surface area contributed by atoms with Crippen LogP contribution in [0.4, 0.5) is 0 Å². The third-order valence-corrected chi connectivity index (χ3v) is 2.71. The minimum atomic E-state index is 0.0435. The minimum absolute atomic E-state index is 0.0435. The Hall–Kier alpha value is -1.88. The van der Waals surface area contributed by atoms with Gasteiger partial charge in [0.2, 0.25) is 0 Å². The molecule has 2 aromatic rings. The van der Waals surface area contributed by atoms with E-state index in [1.165, 1.54) is 5.56 Å². The monoisotopic (exact) mass is 246 g/mol. The molecule has 96 valence electrons. The van der Waals surface area contributed by atoms with Crippen molar-refractivity contribution in [3.05, 3.63) is 52.7 Å². The second kappa shape index (κ2) is 6.16. The molecule has 2 heterocycles. The summed E-state index contributed by atoms with van der Waals surface area (Å²) in [5.41, 5.74) is 1.22. The van der Waals surface area contributed by atoms with E-state index in [1.54, 1.807) is 22.9 Å². The van der Waals surface area contributed by atoms with Crippen LogP contribution in [0.15, 0.2) is 41.6 Å². The second-order valence-corrected chi connectivity index (χ2v) is 4.26. The molecule has 1 N–H and O–H groups in total. The number of pyridine rings is 1. The Bertz CT molecular complexity index is 544. The van der Waals surface area contributed by atoms with Gasteiger partial charge in [-0.3, -0.25) is 9.48 Å². The molecule has 0 aliphatic carbocycles. The van der Waals surface area contributed by atoms with Gasteiger partial charge in [0.25, 0.3) is 5.56 Å². The van der Waals surface area contributed by atoms with Crippen molar-refractivity contribution in [2.75, 3.05) is 13.1 Å². The highest BCUT2D eigenvalue weighted by molar-refractivity contribution is 4.99. The molecule has 0 bridgehead atoms. The van der Waals surface area contributed by atoms with Crippen molar-refractivity contribution >= 4 is 0 Å². The van der Waals surface area contributed by atoms with Crippen molar-refractivity contribution in [2.24, 2.45) is 0 Å². The number of hydrogen-bond donors (Lipinski definition) is 1. The van der Waals surface area contributed by atoms with Gasteiger partial charge >= 0.3 is 0 Å². The van der Waals surface area contributed by atoms with Crippen molar-refractivity contribution in [2.45, 2.75) is 20.0 Å². The molecule has 0 aromatic carbocycles. The van der Waals surface area contributed by atoms with E-state index in [0.29, 0.717) is 6.54 Å². The Balaban J connectivity index is 1.68. The number of nitrogens with zero attached hydrogens (tertiary/aromatic N) is 3. The highest BCUT2D eigenvalue weighted by Gasteiger charge is 1.95. The van der Waals surface area contributed by atoms with Crippen LogP contribution in [0.5, 0.6) is 0 Å². The summed E-state index contributed by atoms with van der Waals surface area (Å²) in [7, 11) is 0. The zero-order valence-corrected chi connectivity index (χ0v) is 10.5. The average molecular weight is 246 g/mol. The second-order valence-electron chi connectivity index (χ2n) is 4.26. The third-order valence-electron chi connectivity index (χ3n) is 2.71. The molecule has 0 saturated heterocycles. The van der Waals surface area contributed by atoms with Crippen molar-refractivity contribution in [1.29, 1.82) is 0 Å².